The topological polar surface area (TPSA) is 73.9 Å². The van der Waals surface area contributed by atoms with Crippen molar-refractivity contribution in [3.63, 3.8) is 0 Å². The zero-order chi connectivity index (χ0) is 19.2. The van der Waals surface area contributed by atoms with E-state index in [0.717, 1.165) is 19.3 Å². The van der Waals surface area contributed by atoms with Crippen LogP contribution < -0.4 is 10.1 Å². The summed E-state index contributed by atoms with van der Waals surface area (Å²) >= 11 is 0. The normalized spacial score (nSPS) is 16.4. The monoisotopic (exact) mass is 363 g/mol. The Kier molecular flexibility index (Phi) is 6.89. The Bertz CT molecular complexity index is 636. The number of hydrogen-bond donors (Lipinski definition) is 1. The van der Waals surface area contributed by atoms with Crippen LogP contribution in [0.4, 0.5) is 4.79 Å². The van der Waals surface area contributed by atoms with E-state index in [1.165, 1.54) is 11.1 Å². The van der Waals surface area contributed by atoms with Crippen molar-refractivity contribution in [1.29, 1.82) is 0 Å². The van der Waals surface area contributed by atoms with Gasteiger partial charge in [-0.2, -0.15) is 0 Å². The first-order valence-corrected chi connectivity index (χ1v) is 9.14. The molecule has 1 amide bonds. The standard InChI is InChI=1S/C20H29NO5/c1-5-24-18(22)13-25-17-9-8-15-7-6-14(10-16(15)11-17)12-21-19(23)26-20(2,3)4/h8-9,11,14H,5-7,10,12-13H2,1-4H3,(H,21,23)/t14-/m1/s1. The summed E-state index contributed by atoms with van der Waals surface area (Å²) in [7, 11) is 0. The van der Waals surface area contributed by atoms with Crippen molar-refractivity contribution >= 4 is 12.1 Å². The number of carbonyl (C=O) groups is 2. The van der Waals surface area contributed by atoms with Gasteiger partial charge in [-0.05, 0) is 76.1 Å². The molecule has 26 heavy (non-hydrogen) atoms. The fraction of sp³-hybridized carbons (Fsp3) is 0.600. The zero-order valence-corrected chi connectivity index (χ0v) is 16.1. The third kappa shape index (κ3) is 6.58. The molecule has 0 aromatic heterocycles. The van der Waals surface area contributed by atoms with Crippen molar-refractivity contribution in [3.05, 3.63) is 29.3 Å². The largest absolute Gasteiger partial charge is 0.482 e. The number of rotatable bonds is 6. The van der Waals surface area contributed by atoms with E-state index in [9.17, 15) is 9.59 Å². The van der Waals surface area contributed by atoms with Gasteiger partial charge in [-0.3, -0.25) is 0 Å². The van der Waals surface area contributed by atoms with Crippen molar-refractivity contribution in [2.24, 2.45) is 5.92 Å². The molecule has 0 fully saturated rings. The van der Waals surface area contributed by atoms with E-state index in [4.69, 9.17) is 14.2 Å². The number of alkyl carbamates (subject to hydrolysis) is 1. The molecule has 144 valence electrons. The number of carbonyl (C=O) groups excluding carboxylic acids is 2. The van der Waals surface area contributed by atoms with Crippen LogP contribution in [-0.2, 0) is 27.1 Å². The lowest BCUT2D eigenvalue weighted by molar-refractivity contribution is -0.145. The zero-order valence-electron chi connectivity index (χ0n) is 16.1. The van der Waals surface area contributed by atoms with E-state index in [1.807, 2.05) is 39.0 Å². The summed E-state index contributed by atoms with van der Waals surface area (Å²) in [5.74, 6) is 0.650. The maximum absolute atomic E-state index is 11.8. The number of ether oxygens (including phenoxy) is 3. The van der Waals surface area contributed by atoms with Gasteiger partial charge in [-0.1, -0.05) is 6.07 Å². The fourth-order valence-corrected chi connectivity index (χ4v) is 2.96. The van der Waals surface area contributed by atoms with Gasteiger partial charge in [0.05, 0.1) is 6.61 Å². The minimum atomic E-state index is -0.492. The molecule has 1 atom stereocenters. The predicted molar refractivity (Wildman–Crippen MR) is 98.3 cm³/mol. The summed E-state index contributed by atoms with van der Waals surface area (Å²) in [6, 6.07) is 5.92. The quantitative estimate of drug-likeness (QED) is 0.785. The molecular formula is C20H29NO5. The van der Waals surface area contributed by atoms with Gasteiger partial charge in [0.2, 0.25) is 0 Å². The fourth-order valence-electron chi connectivity index (χ4n) is 2.96. The van der Waals surface area contributed by atoms with Gasteiger partial charge in [0.15, 0.2) is 6.61 Å². The second kappa shape index (κ2) is 8.92. The molecule has 0 aliphatic heterocycles. The number of aryl methyl sites for hydroxylation is 1. The first-order chi connectivity index (χ1) is 12.3. The second-order valence-corrected chi connectivity index (χ2v) is 7.52. The van der Waals surface area contributed by atoms with Crippen LogP contribution in [0.5, 0.6) is 5.75 Å². The molecule has 1 aliphatic rings. The molecule has 6 nitrogen and oxygen atoms in total. The lowest BCUT2D eigenvalue weighted by Crippen LogP contribution is -2.36. The molecule has 1 aromatic carbocycles. The molecule has 1 aliphatic carbocycles. The van der Waals surface area contributed by atoms with Gasteiger partial charge in [-0.25, -0.2) is 9.59 Å². The van der Waals surface area contributed by atoms with E-state index >= 15 is 0 Å². The Hall–Kier alpha value is -2.24. The average Bonchev–Trinajstić information content (AvgIpc) is 2.56. The number of nitrogens with one attached hydrogen (secondary N) is 1. The highest BCUT2D eigenvalue weighted by atomic mass is 16.6. The molecule has 1 N–H and O–H groups in total. The third-order valence-corrected chi connectivity index (χ3v) is 4.10. The van der Waals surface area contributed by atoms with Crippen molar-refractivity contribution in [2.75, 3.05) is 19.8 Å². The second-order valence-electron chi connectivity index (χ2n) is 7.52. The minimum Gasteiger partial charge on any atom is -0.482 e. The van der Waals surface area contributed by atoms with Gasteiger partial charge in [0.1, 0.15) is 11.4 Å². The lowest BCUT2D eigenvalue weighted by atomic mass is 9.84. The Morgan fingerprint density at radius 1 is 1.23 bits per heavy atom. The summed E-state index contributed by atoms with van der Waals surface area (Å²) in [6.07, 6.45) is 2.47. The molecule has 6 heteroatoms. The van der Waals surface area contributed by atoms with Gasteiger partial charge in [0.25, 0.3) is 0 Å². The average molecular weight is 363 g/mol. The molecule has 0 heterocycles. The van der Waals surface area contributed by atoms with Gasteiger partial charge in [-0.15, -0.1) is 0 Å². The van der Waals surface area contributed by atoms with E-state index < -0.39 is 5.60 Å². The maximum Gasteiger partial charge on any atom is 0.407 e. The van der Waals surface area contributed by atoms with Crippen molar-refractivity contribution in [2.45, 2.75) is 52.6 Å². The van der Waals surface area contributed by atoms with Crippen molar-refractivity contribution in [3.8, 4) is 5.75 Å². The smallest absolute Gasteiger partial charge is 0.407 e. The van der Waals surface area contributed by atoms with Crippen LogP contribution in [0, 0.1) is 5.92 Å². The van der Waals surface area contributed by atoms with Crippen LogP contribution in [-0.4, -0.2) is 37.4 Å². The highest BCUT2D eigenvalue weighted by molar-refractivity contribution is 5.71. The summed E-state index contributed by atoms with van der Waals surface area (Å²) in [5.41, 5.74) is 2.00. The summed E-state index contributed by atoms with van der Waals surface area (Å²) in [5, 5.41) is 2.85. The first-order valence-electron chi connectivity index (χ1n) is 9.14. The number of amides is 1. The van der Waals surface area contributed by atoms with Crippen LogP contribution in [0.15, 0.2) is 18.2 Å². The van der Waals surface area contributed by atoms with Gasteiger partial charge < -0.3 is 19.5 Å². The van der Waals surface area contributed by atoms with E-state index in [2.05, 4.69) is 5.32 Å². The van der Waals surface area contributed by atoms with Crippen LogP contribution in [0.3, 0.4) is 0 Å². The molecule has 0 saturated heterocycles. The van der Waals surface area contributed by atoms with E-state index in [0.29, 0.717) is 24.8 Å². The number of hydrogen-bond acceptors (Lipinski definition) is 5. The summed E-state index contributed by atoms with van der Waals surface area (Å²) in [4.78, 5) is 23.2. The predicted octanol–water partition coefficient (Wildman–Crippen LogP) is 3.26. The first kappa shape index (κ1) is 20.1. The van der Waals surface area contributed by atoms with Crippen molar-refractivity contribution < 1.29 is 23.8 Å². The Morgan fingerprint density at radius 2 is 2.00 bits per heavy atom. The van der Waals surface area contributed by atoms with E-state index in [-0.39, 0.29) is 18.7 Å². The Labute approximate surface area is 155 Å². The van der Waals surface area contributed by atoms with Gasteiger partial charge >= 0.3 is 12.1 Å². The molecule has 0 bridgehead atoms. The Balaban J connectivity index is 1.87. The Morgan fingerprint density at radius 3 is 2.69 bits per heavy atom. The molecule has 0 unspecified atom stereocenters. The third-order valence-electron chi connectivity index (χ3n) is 4.10. The van der Waals surface area contributed by atoms with Crippen LogP contribution in [0.2, 0.25) is 0 Å². The number of esters is 1. The maximum atomic E-state index is 11.8. The SMILES string of the molecule is CCOC(=O)COc1ccc2c(c1)C[C@H](CNC(=O)OC(C)(C)C)CC2. The summed E-state index contributed by atoms with van der Waals surface area (Å²) < 4.78 is 15.7. The van der Waals surface area contributed by atoms with Crippen molar-refractivity contribution in [1.82, 2.24) is 5.32 Å². The number of fused-ring (bicyclic) bond motifs is 1. The summed E-state index contributed by atoms with van der Waals surface area (Å²) in [6.45, 7) is 8.16. The molecule has 0 saturated carbocycles. The van der Waals surface area contributed by atoms with Crippen LogP contribution in [0.25, 0.3) is 0 Å². The highest BCUT2D eigenvalue weighted by Gasteiger charge is 2.21. The lowest BCUT2D eigenvalue weighted by Gasteiger charge is -2.26. The van der Waals surface area contributed by atoms with E-state index in [1.54, 1.807) is 6.92 Å². The van der Waals surface area contributed by atoms with Crippen LogP contribution >= 0.6 is 0 Å². The van der Waals surface area contributed by atoms with Gasteiger partial charge in [0, 0.05) is 6.54 Å². The number of benzene rings is 1. The molecule has 2 rings (SSSR count). The molecule has 0 spiro atoms. The minimum absolute atomic E-state index is 0.0870. The molecular weight excluding hydrogens is 334 g/mol. The molecule has 1 aromatic rings. The highest BCUT2D eigenvalue weighted by Crippen LogP contribution is 2.28. The molecule has 0 radical (unpaired) electrons. The van der Waals surface area contributed by atoms with Crippen LogP contribution in [0.1, 0.15) is 45.2 Å².